The molecule has 0 fully saturated rings. The highest BCUT2D eigenvalue weighted by Crippen LogP contribution is 2.13. The minimum Gasteiger partial charge on any atom is -0.491 e. The number of carbonyl (C=O) groups is 2. The molecule has 1 atom stereocenters. The molecule has 0 aliphatic carbocycles. The maximum absolute atomic E-state index is 12.4. The summed E-state index contributed by atoms with van der Waals surface area (Å²) in [7, 11) is 3.22. The van der Waals surface area contributed by atoms with Gasteiger partial charge in [0.1, 0.15) is 24.7 Å². The monoisotopic (exact) mass is 430 g/mol. The molecule has 8 heteroatoms. The van der Waals surface area contributed by atoms with E-state index in [2.05, 4.69) is 10.6 Å². The summed E-state index contributed by atoms with van der Waals surface area (Å²) < 4.78 is 20.8. The van der Waals surface area contributed by atoms with Crippen molar-refractivity contribution in [3.8, 4) is 11.5 Å². The number of carbonyl (C=O) groups excluding carboxylic acids is 2. The van der Waals surface area contributed by atoms with Gasteiger partial charge < -0.3 is 29.6 Å². The number of ether oxygens (including phenoxy) is 4. The molecule has 0 aliphatic rings. The van der Waals surface area contributed by atoms with E-state index in [9.17, 15) is 9.59 Å². The van der Waals surface area contributed by atoms with E-state index in [-0.39, 0.29) is 17.9 Å². The van der Waals surface area contributed by atoms with Crippen molar-refractivity contribution in [1.29, 1.82) is 0 Å². The first-order chi connectivity index (χ1) is 15.0. The first kappa shape index (κ1) is 24.2. The van der Waals surface area contributed by atoms with E-state index < -0.39 is 0 Å². The van der Waals surface area contributed by atoms with Crippen LogP contribution in [-0.2, 0) is 9.47 Å². The Kier molecular flexibility index (Phi) is 10.3. The summed E-state index contributed by atoms with van der Waals surface area (Å²) in [6, 6.07) is 13.5. The van der Waals surface area contributed by atoms with Crippen LogP contribution in [-0.4, -0.2) is 65.0 Å². The molecule has 0 aromatic heterocycles. The topological polar surface area (TPSA) is 95.1 Å². The van der Waals surface area contributed by atoms with E-state index in [4.69, 9.17) is 18.9 Å². The lowest BCUT2D eigenvalue weighted by molar-refractivity contribution is 0.0912. The molecule has 2 rings (SSSR count). The van der Waals surface area contributed by atoms with Gasteiger partial charge in [-0.2, -0.15) is 0 Å². The van der Waals surface area contributed by atoms with Gasteiger partial charge in [0.15, 0.2) is 0 Å². The fourth-order valence-corrected chi connectivity index (χ4v) is 2.60. The zero-order chi connectivity index (χ0) is 22.5. The van der Waals surface area contributed by atoms with Gasteiger partial charge in [-0.3, -0.25) is 9.59 Å². The average molecular weight is 431 g/mol. The number of methoxy groups -OCH3 is 2. The van der Waals surface area contributed by atoms with Gasteiger partial charge in [0, 0.05) is 37.9 Å². The molecule has 31 heavy (non-hydrogen) atoms. The van der Waals surface area contributed by atoms with Crippen LogP contribution in [0.3, 0.4) is 0 Å². The standard InChI is InChI=1S/C23H30N2O6/c1-17(25-23(27)19-6-10-21(11-7-19)31-15-13-29-3)16-24-22(26)18-4-8-20(9-5-18)30-14-12-28-2/h4-11,17H,12-16H2,1-3H3,(H,24,26)(H,25,27). The summed E-state index contributed by atoms with van der Waals surface area (Å²) in [6.45, 7) is 4.02. The summed E-state index contributed by atoms with van der Waals surface area (Å²) in [5, 5.41) is 5.69. The smallest absolute Gasteiger partial charge is 0.251 e. The zero-order valence-electron chi connectivity index (χ0n) is 18.2. The molecule has 0 saturated heterocycles. The van der Waals surface area contributed by atoms with Crippen LogP contribution in [0.1, 0.15) is 27.6 Å². The predicted octanol–water partition coefficient (Wildman–Crippen LogP) is 2.29. The fraction of sp³-hybridized carbons (Fsp3) is 0.391. The first-order valence-corrected chi connectivity index (χ1v) is 10.1. The molecule has 0 heterocycles. The lowest BCUT2D eigenvalue weighted by atomic mass is 10.2. The summed E-state index contributed by atoms with van der Waals surface area (Å²) in [5.74, 6) is 0.901. The van der Waals surface area contributed by atoms with Crippen LogP contribution in [0.4, 0.5) is 0 Å². The third kappa shape index (κ3) is 8.65. The van der Waals surface area contributed by atoms with E-state index in [1.54, 1.807) is 62.8 Å². The minimum atomic E-state index is -0.245. The predicted molar refractivity (Wildman–Crippen MR) is 117 cm³/mol. The Morgan fingerprint density at radius 3 is 1.65 bits per heavy atom. The number of hydrogen-bond acceptors (Lipinski definition) is 6. The van der Waals surface area contributed by atoms with Crippen LogP contribution in [0.2, 0.25) is 0 Å². The first-order valence-electron chi connectivity index (χ1n) is 10.1. The maximum Gasteiger partial charge on any atom is 0.251 e. The Bertz CT molecular complexity index is 808. The Morgan fingerprint density at radius 1 is 0.742 bits per heavy atom. The van der Waals surface area contributed by atoms with Crippen molar-refractivity contribution < 1.29 is 28.5 Å². The number of benzene rings is 2. The molecule has 0 radical (unpaired) electrons. The normalized spacial score (nSPS) is 11.5. The SMILES string of the molecule is COCCOc1ccc(C(=O)NCC(C)NC(=O)c2ccc(OCCOC)cc2)cc1. The van der Waals surface area contributed by atoms with Crippen molar-refractivity contribution in [2.45, 2.75) is 13.0 Å². The van der Waals surface area contributed by atoms with Crippen LogP contribution >= 0.6 is 0 Å². The molecule has 1 unspecified atom stereocenters. The van der Waals surface area contributed by atoms with Crippen LogP contribution in [0.25, 0.3) is 0 Å². The fourth-order valence-electron chi connectivity index (χ4n) is 2.60. The number of amides is 2. The Labute approximate surface area is 182 Å². The van der Waals surface area contributed by atoms with Gasteiger partial charge in [0.05, 0.1) is 13.2 Å². The summed E-state index contributed by atoms with van der Waals surface area (Å²) in [6.07, 6.45) is 0. The molecule has 0 aliphatic heterocycles. The Morgan fingerprint density at radius 2 is 1.19 bits per heavy atom. The average Bonchev–Trinajstić information content (AvgIpc) is 2.78. The van der Waals surface area contributed by atoms with E-state index in [0.29, 0.717) is 55.6 Å². The largest absolute Gasteiger partial charge is 0.491 e. The highest BCUT2D eigenvalue weighted by Gasteiger charge is 2.12. The van der Waals surface area contributed by atoms with Crippen LogP contribution in [0, 0.1) is 0 Å². The van der Waals surface area contributed by atoms with Crippen LogP contribution < -0.4 is 20.1 Å². The summed E-state index contributed by atoms with van der Waals surface area (Å²) in [5.41, 5.74) is 1.03. The molecule has 0 bridgehead atoms. The maximum atomic E-state index is 12.4. The highest BCUT2D eigenvalue weighted by atomic mass is 16.5. The Hall–Kier alpha value is -3.10. The number of hydrogen-bond donors (Lipinski definition) is 2. The second-order valence-corrected chi connectivity index (χ2v) is 6.82. The molecular weight excluding hydrogens is 400 g/mol. The van der Waals surface area contributed by atoms with Crippen molar-refractivity contribution in [2.75, 3.05) is 47.2 Å². The number of rotatable bonds is 13. The van der Waals surface area contributed by atoms with Crippen molar-refractivity contribution in [2.24, 2.45) is 0 Å². The summed E-state index contributed by atoms with van der Waals surface area (Å²) in [4.78, 5) is 24.7. The molecule has 2 amide bonds. The third-order valence-electron chi connectivity index (χ3n) is 4.29. The molecule has 2 aromatic rings. The van der Waals surface area contributed by atoms with Crippen molar-refractivity contribution in [3.63, 3.8) is 0 Å². The van der Waals surface area contributed by atoms with Crippen molar-refractivity contribution in [3.05, 3.63) is 59.7 Å². The van der Waals surface area contributed by atoms with E-state index in [1.165, 1.54) is 0 Å². The molecular formula is C23H30N2O6. The molecule has 0 spiro atoms. The second kappa shape index (κ2) is 13.3. The number of nitrogens with one attached hydrogen (secondary N) is 2. The molecule has 2 N–H and O–H groups in total. The molecule has 168 valence electrons. The van der Waals surface area contributed by atoms with Gasteiger partial charge in [-0.1, -0.05) is 0 Å². The lowest BCUT2D eigenvalue weighted by Gasteiger charge is -2.15. The summed E-state index contributed by atoms with van der Waals surface area (Å²) >= 11 is 0. The van der Waals surface area contributed by atoms with E-state index >= 15 is 0 Å². The van der Waals surface area contributed by atoms with Crippen LogP contribution in [0.15, 0.2) is 48.5 Å². The van der Waals surface area contributed by atoms with Crippen molar-refractivity contribution in [1.82, 2.24) is 10.6 Å². The van der Waals surface area contributed by atoms with Crippen LogP contribution in [0.5, 0.6) is 11.5 Å². The molecule has 2 aromatic carbocycles. The third-order valence-corrected chi connectivity index (χ3v) is 4.29. The van der Waals surface area contributed by atoms with Gasteiger partial charge in [-0.25, -0.2) is 0 Å². The van der Waals surface area contributed by atoms with Crippen molar-refractivity contribution >= 4 is 11.8 Å². The quantitative estimate of drug-likeness (QED) is 0.474. The highest BCUT2D eigenvalue weighted by molar-refractivity contribution is 5.95. The van der Waals surface area contributed by atoms with E-state index in [0.717, 1.165) is 0 Å². The molecule has 0 saturated carbocycles. The Balaban J connectivity index is 1.75. The van der Waals surface area contributed by atoms with Gasteiger partial charge in [0.2, 0.25) is 0 Å². The lowest BCUT2D eigenvalue weighted by Crippen LogP contribution is -2.41. The second-order valence-electron chi connectivity index (χ2n) is 6.82. The van der Waals surface area contributed by atoms with E-state index in [1.807, 2.05) is 6.92 Å². The van der Waals surface area contributed by atoms with Gasteiger partial charge >= 0.3 is 0 Å². The van der Waals surface area contributed by atoms with Gasteiger partial charge in [-0.15, -0.1) is 0 Å². The molecule has 8 nitrogen and oxygen atoms in total. The zero-order valence-corrected chi connectivity index (χ0v) is 18.2. The van der Waals surface area contributed by atoms with Gasteiger partial charge in [0.25, 0.3) is 11.8 Å². The van der Waals surface area contributed by atoms with Gasteiger partial charge in [-0.05, 0) is 55.5 Å². The minimum absolute atomic E-state index is 0.220.